The van der Waals surface area contributed by atoms with Crippen LogP contribution in [0.25, 0.3) is 23.0 Å². The van der Waals surface area contributed by atoms with Gasteiger partial charge >= 0.3 is 6.61 Å². The maximum Gasteiger partial charge on any atom is 0.387 e. The van der Waals surface area contributed by atoms with E-state index in [0.29, 0.717) is 17.8 Å². The van der Waals surface area contributed by atoms with Crippen LogP contribution in [0.2, 0.25) is 0 Å². The molecule has 2 heterocycles. The molecule has 120 valence electrons. The number of alkyl halides is 2. The molecule has 0 saturated carbocycles. The summed E-state index contributed by atoms with van der Waals surface area (Å²) in [6.45, 7) is -0.182. The lowest BCUT2D eigenvalue weighted by atomic mass is 10.2. The van der Waals surface area contributed by atoms with Crippen molar-refractivity contribution in [3.63, 3.8) is 0 Å². The van der Waals surface area contributed by atoms with Crippen molar-refractivity contribution in [3.8, 4) is 28.8 Å². The minimum atomic E-state index is -2.86. The van der Waals surface area contributed by atoms with Gasteiger partial charge in [-0.2, -0.15) is 13.9 Å². The monoisotopic (exact) mass is 384 g/mol. The molecular formula is C14H11BrF2N4O2. The van der Waals surface area contributed by atoms with E-state index in [1.54, 1.807) is 16.8 Å². The van der Waals surface area contributed by atoms with E-state index in [1.165, 1.54) is 12.1 Å². The van der Waals surface area contributed by atoms with Gasteiger partial charge in [-0.25, -0.2) is 0 Å². The zero-order valence-corrected chi connectivity index (χ0v) is 13.5. The van der Waals surface area contributed by atoms with Crippen LogP contribution in [0, 0.1) is 0 Å². The summed E-state index contributed by atoms with van der Waals surface area (Å²) in [5.41, 5.74) is 1.14. The summed E-state index contributed by atoms with van der Waals surface area (Å²) in [4.78, 5) is 0. The zero-order chi connectivity index (χ0) is 16.4. The maximum absolute atomic E-state index is 12.1. The van der Waals surface area contributed by atoms with Crippen LogP contribution < -0.4 is 4.74 Å². The summed E-state index contributed by atoms with van der Waals surface area (Å²) < 4.78 is 36.6. The van der Waals surface area contributed by atoms with Crippen molar-refractivity contribution in [1.82, 2.24) is 20.0 Å². The topological polar surface area (TPSA) is 66.0 Å². The van der Waals surface area contributed by atoms with Gasteiger partial charge in [0.05, 0.1) is 4.47 Å². The van der Waals surface area contributed by atoms with Gasteiger partial charge in [-0.15, -0.1) is 10.2 Å². The predicted molar refractivity (Wildman–Crippen MR) is 81.0 cm³/mol. The molecule has 0 aliphatic heterocycles. The summed E-state index contributed by atoms with van der Waals surface area (Å²) in [6.07, 6.45) is 1.82. The van der Waals surface area contributed by atoms with Crippen LogP contribution in [-0.2, 0) is 6.54 Å². The quantitative estimate of drug-likeness (QED) is 0.665. The van der Waals surface area contributed by atoms with Crippen LogP contribution in [0.15, 0.2) is 39.4 Å². The molecule has 0 atom stereocenters. The van der Waals surface area contributed by atoms with Crippen molar-refractivity contribution in [1.29, 1.82) is 0 Å². The van der Waals surface area contributed by atoms with Crippen LogP contribution >= 0.6 is 15.9 Å². The molecule has 0 N–H and O–H groups in total. The number of ether oxygens (including phenoxy) is 1. The Bertz CT molecular complexity index is 801. The number of aromatic nitrogens is 4. The Kier molecular flexibility index (Phi) is 4.37. The summed E-state index contributed by atoms with van der Waals surface area (Å²) in [6, 6.07) is 5.95. The average Bonchev–Trinajstić information content (AvgIpc) is 3.13. The van der Waals surface area contributed by atoms with Crippen molar-refractivity contribution in [3.05, 3.63) is 34.9 Å². The highest BCUT2D eigenvalue weighted by atomic mass is 79.9. The summed E-state index contributed by atoms with van der Waals surface area (Å²) in [7, 11) is 0. The van der Waals surface area contributed by atoms with Gasteiger partial charge in [0.25, 0.3) is 5.89 Å². The van der Waals surface area contributed by atoms with E-state index in [1.807, 2.05) is 13.1 Å². The third-order valence-electron chi connectivity index (χ3n) is 3.00. The van der Waals surface area contributed by atoms with E-state index < -0.39 is 6.61 Å². The number of hydrogen-bond donors (Lipinski definition) is 0. The molecule has 2 aromatic heterocycles. The largest absolute Gasteiger partial charge is 0.435 e. The minimum absolute atomic E-state index is 0.0629. The second-order valence-electron chi connectivity index (χ2n) is 4.50. The van der Waals surface area contributed by atoms with E-state index in [2.05, 4.69) is 36.0 Å². The Morgan fingerprint density at radius 1 is 1.22 bits per heavy atom. The highest BCUT2D eigenvalue weighted by Gasteiger charge is 2.17. The predicted octanol–water partition coefficient (Wildman–Crippen LogP) is 3.98. The van der Waals surface area contributed by atoms with E-state index in [-0.39, 0.29) is 17.5 Å². The Morgan fingerprint density at radius 3 is 2.52 bits per heavy atom. The molecule has 0 aliphatic carbocycles. The first-order chi connectivity index (χ1) is 11.1. The highest BCUT2D eigenvalue weighted by molar-refractivity contribution is 9.10. The summed E-state index contributed by atoms with van der Waals surface area (Å²) in [5, 5.41) is 12.2. The average molecular weight is 385 g/mol. The Hall–Kier alpha value is -2.29. The molecule has 1 aromatic carbocycles. The number of benzene rings is 1. The first-order valence-electron chi connectivity index (χ1n) is 6.69. The molecule has 9 heteroatoms. The van der Waals surface area contributed by atoms with Crippen molar-refractivity contribution < 1.29 is 17.9 Å². The Labute approximate surface area is 138 Å². The first kappa shape index (κ1) is 15.6. The van der Waals surface area contributed by atoms with Gasteiger partial charge in [0.1, 0.15) is 5.75 Å². The van der Waals surface area contributed by atoms with Crippen molar-refractivity contribution in [2.45, 2.75) is 20.1 Å². The molecule has 0 unspecified atom stereocenters. The van der Waals surface area contributed by atoms with E-state index in [0.717, 1.165) is 4.47 Å². The second-order valence-corrected chi connectivity index (χ2v) is 5.35. The van der Waals surface area contributed by atoms with E-state index >= 15 is 0 Å². The molecule has 0 amide bonds. The van der Waals surface area contributed by atoms with E-state index in [9.17, 15) is 8.78 Å². The zero-order valence-electron chi connectivity index (χ0n) is 11.9. The molecule has 0 radical (unpaired) electrons. The Morgan fingerprint density at radius 2 is 1.91 bits per heavy atom. The van der Waals surface area contributed by atoms with Crippen LogP contribution in [0.3, 0.4) is 0 Å². The van der Waals surface area contributed by atoms with Gasteiger partial charge < -0.3 is 9.15 Å². The number of nitrogens with zero attached hydrogens (tertiary/aromatic N) is 4. The number of rotatable bonds is 5. The number of aryl methyl sites for hydroxylation is 1. The SMILES string of the molecule is CCn1cc(Br)c(-c2nnc(-c3ccc(OC(F)F)cc3)o2)n1. The molecule has 0 fully saturated rings. The van der Waals surface area contributed by atoms with Gasteiger partial charge in [0.2, 0.25) is 5.89 Å². The lowest BCUT2D eigenvalue weighted by Crippen LogP contribution is -2.01. The Balaban J connectivity index is 1.85. The molecule has 0 aliphatic rings. The van der Waals surface area contributed by atoms with Crippen LogP contribution in [-0.4, -0.2) is 26.6 Å². The van der Waals surface area contributed by atoms with Gasteiger partial charge in [0, 0.05) is 18.3 Å². The fraction of sp³-hybridized carbons (Fsp3) is 0.214. The molecule has 0 bridgehead atoms. The third-order valence-corrected chi connectivity index (χ3v) is 3.58. The standard InChI is InChI=1S/C14H11BrF2N4O2/c1-2-21-7-10(15)11(20-21)13-19-18-12(23-13)8-3-5-9(6-4-8)22-14(16)17/h3-7,14H,2H2,1H3. The molecule has 23 heavy (non-hydrogen) atoms. The molecular weight excluding hydrogens is 374 g/mol. The maximum atomic E-state index is 12.1. The molecule has 6 nitrogen and oxygen atoms in total. The molecule has 0 spiro atoms. The summed E-state index contributed by atoms with van der Waals surface area (Å²) in [5.74, 6) is 0.599. The van der Waals surface area contributed by atoms with Gasteiger partial charge in [0.15, 0.2) is 5.69 Å². The van der Waals surface area contributed by atoms with Crippen LogP contribution in [0.4, 0.5) is 8.78 Å². The molecule has 3 rings (SSSR count). The smallest absolute Gasteiger partial charge is 0.387 e. The molecule has 3 aromatic rings. The van der Waals surface area contributed by atoms with Gasteiger partial charge in [-0.1, -0.05) is 0 Å². The third kappa shape index (κ3) is 3.39. The fourth-order valence-electron chi connectivity index (χ4n) is 1.92. The highest BCUT2D eigenvalue weighted by Crippen LogP contribution is 2.29. The lowest BCUT2D eigenvalue weighted by molar-refractivity contribution is -0.0498. The molecule has 0 saturated heterocycles. The number of hydrogen-bond acceptors (Lipinski definition) is 5. The number of halogens is 3. The van der Waals surface area contributed by atoms with Crippen molar-refractivity contribution in [2.24, 2.45) is 0 Å². The van der Waals surface area contributed by atoms with Crippen molar-refractivity contribution in [2.75, 3.05) is 0 Å². The lowest BCUT2D eigenvalue weighted by Gasteiger charge is -2.03. The first-order valence-corrected chi connectivity index (χ1v) is 7.48. The fourth-order valence-corrected chi connectivity index (χ4v) is 2.40. The normalized spacial score (nSPS) is 11.2. The van der Waals surface area contributed by atoms with Crippen molar-refractivity contribution >= 4 is 15.9 Å². The van der Waals surface area contributed by atoms with Gasteiger partial charge in [-0.05, 0) is 47.1 Å². The minimum Gasteiger partial charge on any atom is -0.435 e. The van der Waals surface area contributed by atoms with Crippen LogP contribution in [0.1, 0.15) is 6.92 Å². The summed E-state index contributed by atoms with van der Waals surface area (Å²) >= 11 is 3.39. The second kappa shape index (κ2) is 6.45. The van der Waals surface area contributed by atoms with E-state index in [4.69, 9.17) is 4.42 Å². The van der Waals surface area contributed by atoms with Crippen LogP contribution in [0.5, 0.6) is 5.75 Å². The van der Waals surface area contributed by atoms with Gasteiger partial charge in [-0.3, -0.25) is 4.68 Å².